The fourth-order valence-corrected chi connectivity index (χ4v) is 18.7. The summed E-state index contributed by atoms with van der Waals surface area (Å²) in [6, 6.07) is 49.8. The number of aromatic carboxylic acids is 2. The second kappa shape index (κ2) is 43.6. The van der Waals surface area contributed by atoms with Crippen LogP contribution in [0.1, 0.15) is 188 Å². The van der Waals surface area contributed by atoms with Gasteiger partial charge in [0.15, 0.2) is 0 Å². The van der Waals surface area contributed by atoms with Crippen molar-refractivity contribution in [3.05, 3.63) is 238 Å². The number of piperidine rings is 2. The van der Waals surface area contributed by atoms with Crippen molar-refractivity contribution >= 4 is 102 Å². The molecule has 596 valence electrons. The van der Waals surface area contributed by atoms with Crippen LogP contribution in [-0.4, -0.2) is 140 Å². The van der Waals surface area contributed by atoms with Gasteiger partial charge in [0.25, 0.3) is 23.6 Å². The van der Waals surface area contributed by atoms with Crippen LogP contribution in [-0.2, 0) is 55.3 Å². The zero-order valence-electron chi connectivity index (χ0n) is 65.3. The molecule has 2 heterocycles. The zero-order valence-corrected chi connectivity index (χ0v) is 73.2. The Morgan fingerprint density at radius 2 is 0.704 bits per heavy atom. The maximum Gasteiger partial charge on any atom is 1.00 e. The molecule has 2 saturated carbocycles. The van der Waals surface area contributed by atoms with Crippen LogP contribution in [0.15, 0.2) is 192 Å². The van der Waals surface area contributed by atoms with Gasteiger partial charge >= 0.3 is 115 Å². The van der Waals surface area contributed by atoms with Crippen LogP contribution in [0.4, 0.5) is 34.1 Å². The quantitative estimate of drug-likeness (QED) is 0.0345. The normalized spacial score (nSPS) is 16.8. The first-order valence-electron chi connectivity index (χ1n) is 38.4. The van der Waals surface area contributed by atoms with Crippen molar-refractivity contribution in [2.45, 2.75) is 151 Å². The number of nitrogens with one attached hydrogen (secondary N) is 4. The number of rotatable bonds is 28. The molecule has 2 aliphatic carbocycles. The third-order valence-electron chi connectivity index (χ3n) is 21.6. The third-order valence-corrected chi connectivity index (χ3v) is 25.6. The van der Waals surface area contributed by atoms with Crippen molar-refractivity contribution in [1.29, 1.82) is 0 Å². The molecule has 2 aliphatic heterocycles. The van der Waals surface area contributed by atoms with Crippen molar-refractivity contribution in [3.8, 4) is 0 Å². The Balaban J connectivity index is 0.000000280. The first-order chi connectivity index (χ1) is 53.8. The molecule has 29 heteroatoms. The van der Waals surface area contributed by atoms with Gasteiger partial charge in [-0.15, -0.1) is 0 Å². The summed E-state index contributed by atoms with van der Waals surface area (Å²) in [5.41, 5.74) is 8.41. The molecule has 2 saturated heterocycles. The van der Waals surface area contributed by atoms with E-state index in [9.17, 15) is 75.6 Å². The molecule has 0 unspecified atom stereocenters. The van der Waals surface area contributed by atoms with E-state index in [1.54, 1.807) is 62.4 Å². The van der Waals surface area contributed by atoms with Crippen molar-refractivity contribution in [2.24, 2.45) is 11.8 Å². The summed E-state index contributed by atoms with van der Waals surface area (Å²) in [5.74, 6) is -7.11. The topological polar surface area (TPSA) is 384 Å². The minimum absolute atomic E-state index is 0. The average Bonchev–Trinajstić information content (AvgIpc) is 0.803. The molecule has 4 fully saturated rings. The number of sulfonamides is 2. The molecule has 4 aliphatic rings. The van der Waals surface area contributed by atoms with E-state index in [0.29, 0.717) is 88.4 Å². The van der Waals surface area contributed by atoms with E-state index in [0.717, 1.165) is 98.3 Å². The van der Waals surface area contributed by atoms with Crippen LogP contribution >= 0.6 is 0 Å². The molecule has 0 radical (unpaired) electrons. The molecule has 0 spiro atoms. The minimum Gasteiger partial charge on any atom is -0.545 e. The number of aliphatic carboxylic acids is 2. The number of nitrogens with zero attached hydrogens (tertiary/aromatic N) is 4. The van der Waals surface area contributed by atoms with Gasteiger partial charge in [-0.1, -0.05) is 98.8 Å². The standard InChI is InChI=1S/2C43H48N4O8S.2K.H2O/c2*1-2-47(35-21-17-32(18-22-35)43(52)53)56(54,55)37-8-6-7-33(27-37)40(48)45-39-24-23-36(46-25-4-3-5-26-46)28-38(39)41(49)44-34-19-13-30(14-20-34)10-9-29-11-15-31(16-12-29)42(50)51;;;/h2*6-8,11-16,19-20,23-24,27-28,32,35H,2-5,9-10,17-18,21-22,25-26H2,1H3,(H,44,49)(H,45,48)(H,50,51)(H,52,53);;;1H2/q;;2*+1;/p-2. The second-order valence-corrected chi connectivity index (χ2v) is 32.7. The Hall–Kier alpha value is -7.83. The summed E-state index contributed by atoms with van der Waals surface area (Å²) in [6.45, 7) is 7.31. The third kappa shape index (κ3) is 24.7. The number of benzene rings is 8. The molecular weight excluding hydrogens is 1560 g/mol. The molecule has 8 aromatic rings. The van der Waals surface area contributed by atoms with Crippen LogP contribution in [0.25, 0.3) is 0 Å². The Labute approximate surface area is 756 Å². The second-order valence-electron chi connectivity index (χ2n) is 28.9. The summed E-state index contributed by atoms with van der Waals surface area (Å²) < 4.78 is 58.3. The number of carbonyl (C=O) groups excluding carboxylic acids is 6. The molecule has 25 nitrogen and oxygen atoms in total. The number of hydrogen-bond acceptors (Lipinski definition) is 16. The number of anilines is 6. The van der Waals surface area contributed by atoms with Gasteiger partial charge in [0.05, 0.1) is 56.1 Å². The van der Waals surface area contributed by atoms with Gasteiger partial charge in [-0.05, 0) is 246 Å². The van der Waals surface area contributed by atoms with Gasteiger partial charge in [-0.2, -0.15) is 8.61 Å². The van der Waals surface area contributed by atoms with Crippen molar-refractivity contribution in [1.82, 2.24) is 8.61 Å². The number of carboxylic acids is 4. The zero-order chi connectivity index (χ0) is 79.6. The molecule has 8 N–H and O–H groups in total. The van der Waals surface area contributed by atoms with Crippen molar-refractivity contribution in [2.75, 3.05) is 70.3 Å². The molecule has 115 heavy (non-hydrogen) atoms. The molecule has 0 aromatic heterocycles. The van der Waals surface area contributed by atoms with Gasteiger partial charge in [0.2, 0.25) is 20.0 Å². The largest absolute Gasteiger partial charge is 1.00 e. The first kappa shape index (κ1) is 92.7. The predicted molar refractivity (Wildman–Crippen MR) is 428 cm³/mol. The average molecular weight is 1660 g/mol. The Morgan fingerprint density at radius 3 is 1.00 bits per heavy atom. The van der Waals surface area contributed by atoms with E-state index >= 15 is 0 Å². The van der Waals surface area contributed by atoms with Crippen LogP contribution < -0.4 is 144 Å². The van der Waals surface area contributed by atoms with Gasteiger partial charge in [-0.3, -0.25) is 28.8 Å². The van der Waals surface area contributed by atoms with Crippen LogP contribution in [0.5, 0.6) is 0 Å². The van der Waals surface area contributed by atoms with E-state index in [-0.39, 0.29) is 188 Å². The summed E-state index contributed by atoms with van der Waals surface area (Å²) in [7, 11) is -8.01. The molecule has 4 amide bonds. The summed E-state index contributed by atoms with van der Waals surface area (Å²) >= 11 is 0. The minimum atomic E-state index is -4.00. The summed E-state index contributed by atoms with van der Waals surface area (Å²) in [5, 5.41) is 52.5. The number of carboxylic acid groups (broad SMARTS) is 4. The molecule has 0 atom stereocenters. The fraction of sp³-hybridized carbons (Fsp3) is 0.349. The van der Waals surface area contributed by atoms with E-state index in [4.69, 9.17) is 0 Å². The number of carbonyl (C=O) groups is 8. The van der Waals surface area contributed by atoms with Crippen molar-refractivity contribution in [3.63, 3.8) is 0 Å². The van der Waals surface area contributed by atoms with Crippen LogP contribution in [0.2, 0.25) is 0 Å². The van der Waals surface area contributed by atoms with Gasteiger partial charge < -0.3 is 66.6 Å². The smallest absolute Gasteiger partial charge is 0.545 e. The molecule has 0 bridgehead atoms. The fourth-order valence-electron chi connectivity index (χ4n) is 15.2. The van der Waals surface area contributed by atoms with Gasteiger partial charge in [0, 0.05) is 85.2 Å². The summed E-state index contributed by atoms with van der Waals surface area (Å²) in [6.07, 6.45) is 12.6. The Kier molecular flexibility index (Phi) is 35.1. The summed E-state index contributed by atoms with van der Waals surface area (Å²) in [4.78, 5) is 105. The van der Waals surface area contributed by atoms with Gasteiger partial charge in [-0.25, -0.2) is 16.8 Å². The van der Waals surface area contributed by atoms with Crippen LogP contribution in [0.3, 0.4) is 0 Å². The van der Waals surface area contributed by atoms with Gasteiger partial charge in [0.1, 0.15) is 0 Å². The monoisotopic (exact) mass is 1650 g/mol. The number of hydrogen-bond donors (Lipinski definition) is 6. The van der Waals surface area contributed by atoms with E-state index in [1.807, 2.05) is 60.7 Å². The predicted octanol–water partition coefficient (Wildman–Crippen LogP) is 5.15. The van der Waals surface area contributed by atoms with E-state index < -0.39 is 79.4 Å². The SMILES string of the molecule is CCN(C1CCC(C(=O)O)CC1)S(=O)(=O)c1cccc(C(=O)Nc2ccc(N3CCCCC3)cc2C(=O)Nc2ccc(CCc3ccc(C(=O)[O-])cc3)cc2)c1.CCN(C1CCC(C(=O)O)CC1)S(=O)(=O)c1cccc(C(=O)Nc2ccc(N3CCCCC3)cc2C(=O)Nc2ccc(CCc3ccc(C(=O)[O-])cc3)cc2)c1.O.[K+].[K+]. The molecular formula is C86H96K2N8O17S2. The van der Waals surface area contributed by atoms with Crippen LogP contribution in [0, 0.1) is 11.8 Å². The first-order valence-corrected chi connectivity index (χ1v) is 41.2. The van der Waals surface area contributed by atoms with E-state index in [2.05, 4.69) is 31.1 Å². The Bertz CT molecular complexity index is 4640. The number of amides is 4. The Morgan fingerprint density at radius 1 is 0.391 bits per heavy atom. The maximum atomic E-state index is 13.9. The van der Waals surface area contributed by atoms with Crippen molar-refractivity contribution < 1.29 is 184 Å². The van der Waals surface area contributed by atoms with E-state index in [1.165, 1.54) is 81.4 Å². The maximum absolute atomic E-state index is 13.9. The molecule has 12 rings (SSSR count). The number of aryl methyl sites for hydroxylation is 4. The molecule has 8 aromatic carbocycles.